The van der Waals surface area contributed by atoms with Gasteiger partial charge < -0.3 is 25.7 Å². The Balaban J connectivity index is 1.90. The highest BCUT2D eigenvalue weighted by atomic mass is 16.7. The molecule has 0 bridgehead atoms. The number of benzene rings is 1. The lowest BCUT2D eigenvalue weighted by Gasteiger charge is -2.11. The molecule has 1 heterocycles. The van der Waals surface area contributed by atoms with E-state index in [1.165, 1.54) is 0 Å². The van der Waals surface area contributed by atoms with E-state index in [0.29, 0.717) is 13.1 Å². The lowest BCUT2D eigenvalue weighted by molar-refractivity contribution is 0.173. The summed E-state index contributed by atoms with van der Waals surface area (Å²) in [5, 5.41) is 14.8. The molecule has 1 atom stereocenters. The highest BCUT2D eigenvalue weighted by Gasteiger charge is 2.17. The minimum absolute atomic E-state index is 0.0241. The van der Waals surface area contributed by atoms with Gasteiger partial charge in [-0.15, -0.1) is 0 Å². The molecule has 0 spiro atoms. The summed E-state index contributed by atoms with van der Waals surface area (Å²) >= 11 is 0. The summed E-state index contributed by atoms with van der Waals surface area (Å²) in [6, 6.07) is 5.79. The van der Waals surface area contributed by atoms with Gasteiger partial charge in [-0.2, -0.15) is 0 Å². The summed E-state index contributed by atoms with van der Waals surface area (Å²) in [4.78, 5) is 0. The third kappa shape index (κ3) is 2.65. The van der Waals surface area contributed by atoms with Gasteiger partial charge in [-0.1, -0.05) is 24.2 Å². The average molecular weight is 251 g/mol. The Bertz CT molecular complexity index is 448. The van der Waals surface area contributed by atoms with E-state index < -0.39 is 0 Å². The first-order valence-corrected chi connectivity index (χ1v) is 5.78. The Hall–Kier alpha value is -1.95. The molecule has 6 nitrogen and oxygen atoms in total. The molecule has 0 aliphatic carbocycles. The Morgan fingerprint density at radius 3 is 3.17 bits per heavy atom. The van der Waals surface area contributed by atoms with Crippen LogP contribution in [0.5, 0.6) is 11.5 Å². The van der Waals surface area contributed by atoms with E-state index in [-0.39, 0.29) is 18.5 Å². The van der Waals surface area contributed by atoms with Crippen molar-refractivity contribution in [1.29, 1.82) is 0 Å². The number of amidine groups is 1. The Kier molecular flexibility index (Phi) is 3.88. The van der Waals surface area contributed by atoms with Crippen molar-refractivity contribution in [3.05, 3.63) is 23.8 Å². The van der Waals surface area contributed by atoms with Crippen LogP contribution >= 0.6 is 0 Å². The van der Waals surface area contributed by atoms with Crippen LogP contribution in [-0.2, 0) is 6.54 Å². The molecular formula is C12H17N3O3. The lowest BCUT2D eigenvalue weighted by Crippen LogP contribution is -2.31. The van der Waals surface area contributed by atoms with Crippen LogP contribution in [0.15, 0.2) is 23.4 Å². The van der Waals surface area contributed by atoms with Gasteiger partial charge in [0.25, 0.3) is 0 Å². The minimum atomic E-state index is -0.0241. The SMILES string of the molecule is CC(CNCc1cccc2c1OCO2)C(N)=NO. The first-order chi connectivity index (χ1) is 8.72. The molecule has 0 radical (unpaired) electrons. The van der Waals surface area contributed by atoms with Crippen molar-refractivity contribution in [2.24, 2.45) is 16.8 Å². The fraction of sp³-hybridized carbons (Fsp3) is 0.417. The third-order valence-electron chi connectivity index (χ3n) is 2.86. The maximum absolute atomic E-state index is 8.55. The summed E-state index contributed by atoms with van der Waals surface area (Å²) in [6.07, 6.45) is 0. The molecule has 0 amide bonds. The number of ether oxygens (including phenoxy) is 2. The van der Waals surface area contributed by atoms with Crippen molar-refractivity contribution in [3.8, 4) is 11.5 Å². The molecule has 6 heteroatoms. The molecule has 1 aromatic carbocycles. The van der Waals surface area contributed by atoms with Gasteiger partial charge >= 0.3 is 0 Å². The molecule has 0 saturated heterocycles. The molecule has 98 valence electrons. The fourth-order valence-electron chi connectivity index (χ4n) is 1.76. The number of nitrogens with two attached hydrogens (primary N) is 1. The molecule has 1 aliphatic rings. The predicted octanol–water partition coefficient (Wildman–Crippen LogP) is 0.887. The lowest BCUT2D eigenvalue weighted by atomic mass is 10.1. The maximum atomic E-state index is 8.55. The Morgan fingerprint density at radius 2 is 2.39 bits per heavy atom. The van der Waals surface area contributed by atoms with Gasteiger partial charge in [-0.05, 0) is 6.07 Å². The van der Waals surface area contributed by atoms with Crippen LogP contribution in [0.4, 0.5) is 0 Å². The monoisotopic (exact) mass is 251 g/mol. The van der Waals surface area contributed by atoms with Crippen molar-refractivity contribution in [3.63, 3.8) is 0 Å². The van der Waals surface area contributed by atoms with E-state index in [0.717, 1.165) is 17.1 Å². The Morgan fingerprint density at radius 1 is 1.56 bits per heavy atom. The van der Waals surface area contributed by atoms with E-state index in [9.17, 15) is 0 Å². The van der Waals surface area contributed by atoms with E-state index in [1.807, 2.05) is 25.1 Å². The number of nitrogens with zero attached hydrogens (tertiary/aromatic N) is 1. The molecule has 1 unspecified atom stereocenters. The zero-order valence-corrected chi connectivity index (χ0v) is 10.2. The number of rotatable bonds is 5. The summed E-state index contributed by atoms with van der Waals surface area (Å²) in [5.74, 6) is 1.77. The second-order valence-corrected chi connectivity index (χ2v) is 4.21. The van der Waals surface area contributed by atoms with Crippen molar-refractivity contribution < 1.29 is 14.7 Å². The fourth-order valence-corrected chi connectivity index (χ4v) is 1.76. The molecule has 2 rings (SSSR count). The van der Waals surface area contributed by atoms with Gasteiger partial charge in [0.1, 0.15) is 5.84 Å². The summed E-state index contributed by atoms with van der Waals surface area (Å²) in [7, 11) is 0. The van der Waals surface area contributed by atoms with Gasteiger partial charge in [0.05, 0.1) is 0 Å². The van der Waals surface area contributed by atoms with Crippen LogP contribution in [0.2, 0.25) is 0 Å². The van der Waals surface area contributed by atoms with Crippen molar-refractivity contribution in [1.82, 2.24) is 5.32 Å². The first kappa shape index (κ1) is 12.5. The molecule has 0 aromatic heterocycles. The first-order valence-electron chi connectivity index (χ1n) is 5.78. The highest BCUT2D eigenvalue weighted by molar-refractivity contribution is 5.82. The van der Waals surface area contributed by atoms with E-state index in [2.05, 4.69) is 10.5 Å². The van der Waals surface area contributed by atoms with E-state index in [4.69, 9.17) is 20.4 Å². The average Bonchev–Trinajstić information content (AvgIpc) is 2.86. The van der Waals surface area contributed by atoms with Crippen LogP contribution in [0, 0.1) is 5.92 Å². The van der Waals surface area contributed by atoms with E-state index >= 15 is 0 Å². The van der Waals surface area contributed by atoms with Crippen molar-refractivity contribution >= 4 is 5.84 Å². The number of para-hydroxylation sites is 1. The molecule has 4 N–H and O–H groups in total. The molecule has 0 fully saturated rings. The standard InChI is InChI=1S/C12H17N3O3/c1-8(12(13)15-16)5-14-6-9-3-2-4-10-11(9)18-7-17-10/h2-4,8,14,16H,5-7H2,1H3,(H2,13,15). The van der Waals surface area contributed by atoms with Crippen molar-refractivity contribution in [2.75, 3.05) is 13.3 Å². The topological polar surface area (TPSA) is 89.1 Å². The van der Waals surface area contributed by atoms with Crippen LogP contribution in [0.25, 0.3) is 0 Å². The van der Waals surface area contributed by atoms with Crippen molar-refractivity contribution in [2.45, 2.75) is 13.5 Å². The molecular weight excluding hydrogens is 234 g/mol. The second-order valence-electron chi connectivity index (χ2n) is 4.21. The predicted molar refractivity (Wildman–Crippen MR) is 66.8 cm³/mol. The zero-order chi connectivity index (χ0) is 13.0. The zero-order valence-electron chi connectivity index (χ0n) is 10.2. The van der Waals surface area contributed by atoms with Gasteiger partial charge in [-0.25, -0.2) is 0 Å². The Labute approximate surface area is 105 Å². The van der Waals surface area contributed by atoms with E-state index in [1.54, 1.807) is 0 Å². The number of hydrogen-bond donors (Lipinski definition) is 3. The minimum Gasteiger partial charge on any atom is -0.454 e. The van der Waals surface area contributed by atoms with Gasteiger partial charge in [0.2, 0.25) is 6.79 Å². The van der Waals surface area contributed by atoms with Crippen LogP contribution in [-0.4, -0.2) is 24.4 Å². The maximum Gasteiger partial charge on any atom is 0.231 e. The molecule has 0 saturated carbocycles. The summed E-state index contributed by atoms with van der Waals surface area (Å²) in [6.45, 7) is 3.43. The molecule has 1 aromatic rings. The van der Waals surface area contributed by atoms with Gasteiger partial charge in [0, 0.05) is 24.6 Å². The molecule has 1 aliphatic heterocycles. The largest absolute Gasteiger partial charge is 0.454 e. The highest BCUT2D eigenvalue weighted by Crippen LogP contribution is 2.35. The number of nitrogens with one attached hydrogen (secondary N) is 1. The van der Waals surface area contributed by atoms with Crippen LogP contribution in [0.3, 0.4) is 0 Å². The van der Waals surface area contributed by atoms with Gasteiger partial charge in [0.15, 0.2) is 11.5 Å². The molecule has 18 heavy (non-hydrogen) atoms. The third-order valence-corrected chi connectivity index (χ3v) is 2.86. The van der Waals surface area contributed by atoms with Crippen LogP contribution in [0.1, 0.15) is 12.5 Å². The number of oxime groups is 1. The number of hydrogen-bond acceptors (Lipinski definition) is 5. The normalized spacial score (nSPS) is 15.7. The smallest absolute Gasteiger partial charge is 0.231 e. The summed E-state index contributed by atoms with van der Waals surface area (Å²) in [5.41, 5.74) is 6.54. The van der Waals surface area contributed by atoms with Gasteiger partial charge in [-0.3, -0.25) is 0 Å². The quantitative estimate of drug-likeness (QED) is 0.313. The number of fused-ring (bicyclic) bond motifs is 1. The van der Waals surface area contributed by atoms with Crippen LogP contribution < -0.4 is 20.5 Å². The summed E-state index contributed by atoms with van der Waals surface area (Å²) < 4.78 is 10.7. The second kappa shape index (κ2) is 5.59.